The molecule has 20 heavy (non-hydrogen) atoms. The third-order valence-electron chi connectivity index (χ3n) is 4.78. The molecule has 2 fully saturated rings. The lowest BCUT2D eigenvalue weighted by Crippen LogP contribution is -2.52. The van der Waals surface area contributed by atoms with Crippen molar-refractivity contribution in [1.82, 2.24) is 9.80 Å². The topological polar surface area (TPSA) is 60.9 Å². The van der Waals surface area contributed by atoms with Crippen molar-refractivity contribution < 1.29 is 14.7 Å². The van der Waals surface area contributed by atoms with Crippen LogP contribution in [-0.4, -0.2) is 59.0 Å². The number of hydrogen-bond donors (Lipinski definition) is 1. The van der Waals surface area contributed by atoms with Crippen molar-refractivity contribution in [3.63, 3.8) is 0 Å². The zero-order chi connectivity index (χ0) is 14.7. The number of amides is 1. The van der Waals surface area contributed by atoms with Crippen molar-refractivity contribution in [3.05, 3.63) is 0 Å². The first-order chi connectivity index (χ1) is 9.49. The Kier molecular flexibility index (Phi) is 5.02. The van der Waals surface area contributed by atoms with Crippen LogP contribution in [-0.2, 0) is 9.59 Å². The Bertz CT molecular complexity index is 354. The summed E-state index contributed by atoms with van der Waals surface area (Å²) in [6, 6.07) is 0.540. The molecule has 0 aromatic rings. The molecule has 0 bridgehead atoms. The number of rotatable bonds is 3. The molecular weight excluding hydrogens is 256 g/mol. The average molecular weight is 282 g/mol. The maximum atomic E-state index is 12.5. The van der Waals surface area contributed by atoms with Crippen LogP contribution in [0.4, 0.5) is 0 Å². The lowest BCUT2D eigenvalue weighted by atomic mass is 9.81. The second-order valence-electron chi connectivity index (χ2n) is 6.34. The summed E-state index contributed by atoms with van der Waals surface area (Å²) >= 11 is 0. The predicted octanol–water partition coefficient (Wildman–Crippen LogP) is 1.43. The van der Waals surface area contributed by atoms with Gasteiger partial charge in [-0.3, -0.25) is 14.5 Å². The van der Waals surface area contributed by atoms with E-state index < -0.39 is 5.97 Å². The number of carboxylic acids is 1. The maximum Gasteiger partial charge on any atom is 0.306 e. The molecule has 0 radical (unpaired) electrons. The van der Waals surface area contributed by atoms with Crippen LogP contribution in [0.3, 0.4) is 0 Å². The van der Waals surface area contributed by atoms with E-state index in [1.807, 2.05) is 4.90 Å². The van der Waals surface area contributed by atoms with E-state index in [0.29, 0.717) is 18.9 Å². The predicted molar refractivity (Wildman–Crippen MR) is 76.4 cm³/mol. The van der Waals surface area contributed by atoms with Gasteiger partial charge in [-0.1, -0.05) is 0 Å². The van der Waals surface area contributed by atoms with E-state index in [2.05, 4.69) is 18.7 Å². The fourth-order valence-electron chi connectivity index (χ4n) is 3.30. The molecule has 0 aromatic carbocycles. The van der Waals surface area contributed by atoms with Gasteiger partial charge in [-0.05, 0) is 39.5 Å². The lowest BCUT2D eigenvalue weighted by Gasteiger charge is -2.39. The second kappa shape index (κ2) is 6.57. The van der Waals surface area contributed by atoms with Crippen molar-refractivity contribution in [2.45, 2.75) is 45.6 Å². The molecule has 2 aliphatic rings. The van der Waals surface area contributed by atoms with Crippen LogP contribution in [0.25, 0.3) is 0 Å². The summed E-state index contributed by atoms with van der Waals surface area (Å²) in [5.74, 6) is -0.647. The van der Waals surface area contributed by atoms with Crippen LogP contribution in [0.15, 0.2) is 0 Å². The number of carbonyl (C=O) groups excluding carboxylic acids is 1. The van der Waals surface area contributed by atoms with Crippen molar-refractivity contribution in [3.8, 4) is 0 Å². The highest BCUT2D eigenvalue weighted by Gasteiger charge is 2.33. The van der Waals surface area contributed by atoms with Crippen molar-refractivity contribution in [2.75, 3.05) is 26.2 Å². The molecule has 1 amide bonds. The molecule has 5 nitrogen and oxygen atoms in total. The maximum absolute atomic E-state index is 12.5. The number of nitrogens with zero attached hydrogens (tertiary/aromatic N) is 2. The SMILES string of the molecule is CC(C)N1CCN(C(=O)C2CCC(C(=O)O)CC2)CC1. The third kappa shape index (κ3) is 3.51. The molecule has 1 N–H and O–H groups in total. The van der Waals surface area contributed by atoms with Crippen LogP contribution >= 0.6 is 0 Å². The van der Waals surface area contributed by atoms with E-state index in [9.17, 15) is 9.59 Å². The van der Waals surface area contributed by atoms with Gasteiger partial charge in [0.05, 0.1) is 5.92 Å². The van der Waals surface area contributed by atoms with Crippen molar-refractivity contribution in [1.29, 1.82) is 0 Å². The molecule has 0 spiro atoms. The molecule has 5 heteroatoms. The standard InChI is InChI=1S/C15H26N2O3/c1-11(2)16-7-9-17(10-8-16)14(18)12-3-5-13(6-4-12)15(19)20/h11-13H,3-10H2,1-2H3,(H,19,20). The highest BCUT2D eigenvalue weighted by Crippen LogP contribution is 2.30. The second-order valence-corrected chi connectivity index (χ2v) is 6.34. The number of aliphatic carboxylic acids is 1. The number of carboxylic acid groups (broad SMARTS) is 1. The van der Waals surface area contributed by atoms with Gasteiger partial charge in [0.15, 0.2) is 0 Å². The first-order valence-electron chi connectivity index (χ1n) is 7.74. The van der Waals surface area contributed by atoms with E-state index >= 15 is 0 Å². The molecule has 0 unspecified atom stereocenters. The Balaban J connectivity index is 1.80. The molecule has 114 valence electrons. The van der Waals surface area contributed by atoms with E-state index in [1.165, 1.54) is 0 Å². The van der Waals surface area contributed by atoms with Crippen molar-refractivity contribution in [2.24, 2.45) is 11.8 Å². The monoisotopic (exact) mass is 282 g/mol. The highest BCUT2D eigenvalue weighted by atomic mass is 16.4. The molecule has 1 heterocycles. The summed E-state index contributed by atoms with van der Waals surface area (Å²) in [7, 11) is 0. The minimum absolute atomic E-state index is 0.0520. The summed E-state index contributed by atoms with van der Waals surface area (Å²) in [4.78, 5) is 27.8. The Morgan fingerprint density at radius 3 is 1.90 bits per heavy atom. The third-order valence-corrected chi connectivity index (χ3v) is 4.78. The van der Waals surface area contributed by atoms with Gasteiger partial charge in [0.2, 0.25) is 5.91 Å². The minimum Gasteiger partial charge on any atom is -0.481 e. The van der Waals surface area contributed by atoms with Gasteiger partial charge in [-0.2, -0.15) is 0 Å². The summed E-state index contributed by atoms with van der Waals surface area (Å²) in [6.45, 7) is 7.91. The Hall–Kier alpha value is -1.10. The van der Waals surface area contributed by atoms with Crippen LogP contribution in [0.1, 0.15) is 39.5 Å². The first-order valence-corrected chi connectivity index (χ1v) is 7.74. The smallest absolute Gasteiger partial charge is 0.306 e. The van der Waals surface area contributed by atoms with E-state index in [1.54, 1.807) is 0 Å². The largest absolute Gasteiger partial charge is 0.481 e. The zero-order valence-corrected chi connectivity index (χ0v) is 12.5. The summed E-state index contributed by atoms with van der Waals surface area (Å²) < 4.78 is 0. The molecule has 0 aromatic heterocycles. The van der Waals surface area contributed by atoms with Crippen LogP contribution in [0, 0.1) is 11.8 Å². The van der Waals surface area contributed by atoms with Gasteiger partial charge >= 0.3 is 5.97 Å². The van der Waals surface area contributed by atoms with Crippen LogP contribution in [0.5, 0.6) is 0 Å². The molecule has 1 saturated heterocycles. The summed E-state index contributed by atoms with van der Waals surface area (Å²) in [5.41, 5.74) is 0. The normalized spacial score (nSPS) is 28.6. The minimum atomic E-state index is -0.707. The molecular formula is C15H26N2O3. The average Bonchev–Trinajstić information content (AvgIpc) is 2.46. The molecule has 1 saturated carbocycles. The van der Waals surface area contributed by atoms with Gasteiger partial charge < -0.3 is 10.0 Å². The number of carbonyl (C=O) groups is 2. The number of piperazine rings is 1. The molecule has 0 atom stereocenters. The molecule has 1 aliphatic carbocycles. The highest BCUT2D eigenvalue weighted by molar-refractivity contribution is 5.79. The lowest BCUT2D eigenvalue weighted by molar-refractivity contribution is -0.146. The fourth-order valence-corrected chi connectivity index (χ4v) is 3.30. The Labute approximate surface area is 120 Å². The summed E-state index contributed by atoms with van der Waals surface area (Å²) in [6.07, 6.45) is 2.77. The van der Waals surface area contributed by atoms with Gasteiger partial charge in [0, 0.05) is 38.1 Å². The summed E-state index contributed by atoms with van der Waals surface area (Å²) in [5, 5.41) is 8.99. The Morgan fingerprint density at radius 2 is 1.45 bits per heavy atom. The van der Waals surface area contributed by atoms with Crippen molar-refractivity contribution >= 4 is 11.9 Å². The number of hydrogen-bond acceptors (Lipinski definition) is 3. The van der Waals surface area contributed by atoms with Gasteiger partial charge in [0.1, 0.15) is 0 Å². The van der Waals surface area contributed by atoms with Gasteiger partial charge in [-0.15, -0.1) is 0 Å². The van der Waals surface area contributed by atoms with Crippen LogP contribution in [0.2, 0.25) is 0 Å². The molecule has 1 aliphatic heterocycles. The zero-order valence-electron chi connectivity index (χ0n) is 12.5. The molecule has 2 rings (SSSR count). The van der Waals surface area contributed by atoms with E-state index in [4.69, 9.17) is 5.11 Å². The van der Waals surface area contributed by atoms with Crippen LogP contribution < -0.4 is 0 Å². The first kappa shape index (κ1) is 15.3. The quantitative estimate of drug-likeness (QED) is 0.850. The van der Waals surface area contributed by atoms with E-state index in [-0.39, 0.29) is 17.7 Å². The fraction of sp³-hybridized carbons (Fsp3) is 0.867. The van der Waals surface area contributed by atoms with Gasteiger partial charge in [-0.25, -0.2) is 0 Å². The van der Waals surface area contributed by atoms with E-state index in [0.717, 1.165) is 39.0 Å². The Morgan fingerprint density at radius 1 is 0.950 bits per heavy atom. The van der Waals surface area contributed by atoms with Gasteiger partial charge in [0.25, 0.3) is 0 Å².